The summed E-state index contributed by atoms with van der Waals surface area (Å²) in [5, 5.41) is 8.43. The summed E-state index contributed by atoms with van der Waals surface area (Å²) in [4.78, 5) is 11.2. The minimum atomic E-state index is -0.181. The molecule has 23 heavy (non-hydrogen) atoms. The van der Waals surface area contributed by atoms with E-state index in [0.29, 0.717) is 12.1 Å². The SMILES string of the molecule is CCCOc1ccc2c(c1)n(C(C)C)c[n+]2C(C)C.O=CO[O-]. The van der Waals surface area contributed by atoms with Crippen LogP contribution in [0.3, 0.4) is 0 Å². The van der Waals surface area contributed by atoms with Gasteiger partial charge in [-0.1, -0.05) is 6.92 Å². The first-order chi connectivity index (χ1) is 11.0. The smallest absolute Gasteiger partial charge is 0.287 e. The maximum absolute atomic E-state index is 8.64. The van der Waals surface area contributed by atoms with Crippen molar-refractivity contribution in [2.75, 3.05) is 6.61 Å². The van der Waals surface area contributed by atoms with E-state index in [4.69, 9.17) is 14.8 Å². The average Bonchev–Trinajstić information content (AvgIpc) is 2.92. The topological polar surface area (TPSA) is 67.4 Å². The Bertz CT molecular complexity index is 620. The van der Waals surface area contributed by atoms with Gasteiger partial charge in [0.15, 0.2) is 11.0 Å². The molecule has 0 saturated carbocycles. The maximum atomic E-state index is 8.64. The second kappa shape index (κ2) is 9.15. The van der Waals surface area contributed by atoms with E-state index < -0.39 is 0 Å². The van der Waals surface area contributed by atoms with Crippen molar-refractivity contribution in [2.45, 2.75) is 53.1 Å². The van der Waals surface area contributed by atoms with Gasteiger partial charge in [-0.3, -0.25) is 4.79 Å². The molecule has 1 aromatic heterocycles. The first kappa shape index (κ1) is 19.0. The Hall–Kier alpha value is -2.08. The molecule has 6 nitrogen and oxygen atoms in total. The fourth-order valence-corrected chi connectivity index (χ4v) is 2.32. The predicted octanol–water partition coefficient (Wildman–Crippen LogP) is 2.31. The zero-order valence-electron chi connectivity index (χ0n) is 14.5. The van der Waals surface area contributed by atoms with Crippen molar-refractivity contribution < 1.29 is 24.2 Å². The first-order valence-electron chi connectivity index (χ1n) is 7.87. The number of fused-ring (bicyclic) bond motifs is 1. The minimum Gasteiger partial charge on any atom is -0.662 e. The second-order valence-electron chi connectivity index (χ2n) is 5.81. The average molecular weight is 322 g/mol. The molecule has 0 spiro atoms. The molecular formula is C17H26N2O4. The van der Waals surface area contributed by atoms with Crippen molar-refractivity contribution in [3.63, 3.8) is 0 Å². The summed E-state index contributed by atoms with van der Waals surface area (Å²) in [5.74, 6) is 0.963. The van der Waals surface area contributed by atoms with Gasteiger partial charge in [-0.2, -0.15) is 0 Å². The van der Waals surface area contributed by atoms with Crippen LogP contribution in [-0.2, 0) is 9.68 Å². The zero-order chi connectivity index (χ0) is 17.4. The molecule has 0 aliphatic rings. The minimum absolute atomic E-state index is 0.181. The van der Waals surface area contributed by atoms with E-state index in [2.05, 4.69) is 73.2 Å². The molecule has 1 heterocycles. The van der Waals surface area contributed by atoms with Crippen molar-refractivity contribution in [2.24, 2.45) is 0 Å². The van der Waals surface area contributed by atoms with Gasteiger partial charge in [0.1, 0.15) is 5.75 Å². The summed E-state index contributed by atoms with van der Waals surface area (Å²) < 4.78 is 10.4. The molecule has 2 aromatic rings. The van der Waals surface area contributed by atoms with Crippen molar-refractivity contribution >= 4 is 17.5 Å². The summed E-state index contributed by atoms with van der Waals surface area (Å²) in [6.45, 7) is 11.6. The summed E-state index contributed by atoms with van der Waals surface area (Å²) in [7, 11) is 0. The summed E-state index contributed by atoms with van der Waals surface area (Å²) in [5.41, 5.74) is 2.52. The van der Waals surface area contributed by atoms with Gasteiger partial charge in [0.25, 0.3) is 6.47 Å². The lowest BCUT2D eigenvalue weighted by molar-refractivity contribution is -0.692. The summed E-state index contributed by atoms with van der Waals surface area (Å²) in [6.07, 6.45) is 3.25. The number of benzene rings is 1. The Morgan fingerprint density at radius 3 is 2.43 bits per heavy atom. The Balaban J connectivity index is 0.000000593. The molecule has 2 rings (SSSR count). The van der Waals surface area contributed by atoms with Gasteiger partial charge < -0.3 is 14.9 Å². The quantitative estimate of drug-likeness (QED) is 0.354. The molecule has 128 valence electrons. The molecule has 0 bridgehead atoms. The zero-order valence-corrected chi connectivity index (χ0v) is 14.5. The van der Waals surface area contributed by atoms with E-state index in [1.807, 2.05) is 0 Å². The molecule has 6 heteroatoms. The Labute approximate surface area is 137 Å². The molecule has 0 unspecified atom stereocenters. The molecule has 1 aromatic carbocycles. The van der Waals surface area contributed by atoms with Crippen molar-refractivity contribution in [1.29, 1.82) is 0 Å². The van der Waals surface area contributed by atoms with Gasteiger partial charge >= 0.3 is 0 Å². The molecule has 0 saturated heterocycles. The highest BCUT2D eigenvalue weighted by Gasteiger charge is 2.20. The van der Waals surface area contributed by atoms with Crippen LogP contribution in [-0.4, -0.2) is 17.6 Å². The van der Waals surface area contributed by atoms with E-state index in [-0.39, 0.29) is 6.47 Å². The molecule has 0 atom stereocenters. The predicted molar refractivity (Wildman–Crippen MR) is 85.8 cm³/mol. The lowest BCUT2D eigenvalue weighted by Crippen LogP contribution is -2.34. The number of nitrogens with zero attached hydrogens (tertiary/aromatic N) is 2. The van der Waals surface area contributed by atoms with Gasteiger partial charge in [0.2, 0.25) is 6.33 Å². The van der Waals surface area contributed by atoms with Gasteiger partial charge in [-0.15, -0.1) is 0 Å². The molecule has 0 radical (unpaired) electrons. The van der Waals surface area contributed by atoms with Crippen LogP contribution in [0.25, 0.3) is 11.0 Å². The fraction of sp³-hybridized carbons (Fsp3) is 0.529. The Kier molecular flexibility index (Phi) is 7.54. The molecule has 0 aliphatic heterocycles. The highest BCUT2D eigenvalue weighted by molar-refractivity contribution is 5.74. The standard InChI is InChI=1S/C16H25N2O.CH2O3/c1-6-9-19-14-7-8-15-16(10-14)18(13(4)5)11-17(15)12(2)3;2-1-4-3/h7-8,10-13H,6,9H2,1-5H3;1,3H/q+1;/p-1. The third kappa shape index (κ3) is 4.96. The summed E-state index contributed by atoms with van der Waals surface area (Å²) >= 11 is 0. The van der Waals surface area contributed by atoms with Crippen LogP contribution >= 0.6 is 0 Å². The van der Waals surface area contributed by atoms with Crippen LogP contribution < -0.4 is 14.6 Å². The second-order valence-corrected chi connectivity index (χ2v) is 5.81. The van der Waals surface area contributed by atoms with Gasteiger partial charge in [-0.05, 0) is 46.2 Å². The highest BCUT2D eigenvalue weighted by atomic mass is 17.1. The number of carbonyl (C=O) groups is 1. The third-order valence-corrected chi connectivity index (χ3v) is 3.38. The van der Waals surface area contributed by atoms with Crippen molar-refractivity contribution in [3.05, 3.63) is 24.5 Å². The van der Waals surface area contributed by atoms with Gasteiger partial charge in [0.05, 0.1) is 18.7 Å². The van der Waals surface area contributed by atoms with Crippen LogP contribution in [0.5, 0.6) is 5.75 Å². The van der Waals surface area contributed by atoms with Gasteiger partial charge in [-0.25, -0.2) is 9.13 Å². The number of ether oxygens (including phenoxy) is 1. The molecule has 0 fully saturated rings. The van der Waals surface area contributed by atoms with E-state index in [9.17, 15) is 0 Å². The Morgan fingerprint density at radius 2 is 1.96 bits per heavy atom. The normalized spacial score (nSPS) is 10.6. The number of aromatic nitrogens is 2. The molecular weight excluding hydrogens is 296 g/mol. The highest BCUT2D eigenvalue weighted by Crippen LogP contribution is 2.23. The van der Waals surface area contributed by atoms with E-state index in [1.165, 1.54) is 11.0 Å². The molecule has 0 aliphatic carbocycles. The van der Waals surface area contributed by atoms with Crippen LogP contribution in [0, 0.1) is 0 Å². The number of hydrogen-bond donors (Lipinski definition) is 0. The fourth-order valence-electron chi connectivity index (χ4n) is 2.32. The lowest BCUT2D eigenvalue weighted by Gasteiger charge is -2.05. The first-order valence-corrected chi connectivity index (χ1v) is 7.87. The maximum Gasteiger partial charge on any atom is 0.287 e. The van der Waals surface area contributed by atoms with E-state index in [0.717, 1.165) is 18.8 Å². The van der Waals surface area contributed by atoms with E-state index in [1.54, 1.807) is 0 Å². The number of carbonyl (C=O) groups excluding carboxylic acids is 1. The van der Waals surface area contributed by atoms with Crippen LogP contribution in [0.15, 0.2) is 24.5 Å². The Morgan fingerprint density at radius 1 is 1.30 bits per heavy atom. The van der Waals surface area contributed by atoms with Crippen molar-refractivity contribution in [1.82, 2.24) is 4.57 Å². The van der Waals surface area contributed by atoms with Crippen LogP contribution in [0.4, 0.5) is 0 Å². The van der Waals surface area contributed by atoms with Gasteiger partial charge in [0, 0.05) is 6.07 Å². The van der Waals surface area contributed by atoms with Crippen LogP contribution in [0.1, 0.15) is 53.1 Å². The van der Waals surface area contributed by atoms with Crippen LogP contribution in [0.2, 0.25) is 0 Å². The number of hydrogen-bond acceptors (Lipinski definition) is 4. The van der Waals surface area contributed by atoms with Crippen molar-refractivity contribution in [3.8, 4) is 5.75 Å². The molecule has 0 N–H and O–H groups in total. The number of rotatable bonds is 6. The molecule has 0 amide bonds. The summed E-state index contributed by atoms with van der Waals surface area (Å²) in [6, 6.07) is 7.30. The lowest BCUT2D eigenvalue weighted by atomic mass is 10.2. The third-order valence-electron chi connectivity index (χ3n) is 3.38. The van der Waals surface area contributed by atoms with E-state index >= 15 is 0 Å². The largest absolute Gasteiger partial charge is 0.662 e. The number of imidazole rings is 1. The monoisotopic (exact) mass is 322 g/mol.